The molecule has 0 fully saturated rings. The first-order valence-electron chi connectivity index (χ1n) is 7.23. The SMILES string of the molecule is COc1ccc(-c2n/c(=N/CCO)sn2-c2ccccc2)cc1. The van der Waals surface area contributed by atoms with Gasteiger partial charge >= 0.3 is 0 Å². The van der Waals surface area contributed by atoms with Crippen LogP contribution in [0.15, 0.2) is 59.6 Å². The highest BCUT2D eigenvalue weighted by molar-refractivity contribution is 7.04. The van der Waals surface area contributed by atoms with Gasteiger partial charge in [0.15, 0.2) is 5.82 Å². The number of hydrogen-bond donors (Lipinski definition) is 1. The smallest absolute Gasteiger partial charge is 0.223 e. The summed E-state index contributed by atoms with van der Waals surface area (Å²) in [6.07, 6.45) is 0. The van der Waals surface area contributed by atoms with E-state index in [1.54, 1.807) is 7.11 Å². The van der Waals surface area contributed by atoms with Crippen LogP contribution in [0.3, 0.4) is 0 Å². The molecule has 0 saturated heterocycles. The highest BCUT2D eigenvalue weighted by Gasteiger charge is 2.10. The second-order valence-corrected chi connectivity index (χ2v) is 5.69. The Morgan fingerprint density at radius 1 is 1.13 bits per heavy atom. The predicted octanol–water partition coefficient (Wildman–Crippen LogP) is 2.50. The molecule has 3 rings (SSSR count). The van der Waals surface area contributed by atoms with Crippen LogP contribution in [0.2, 0.25) is 0 Å². The van der Waals surface area contributed by atoms with Crippen molar-refractivity contribution in [2.24, 2.45) is 4.99 Å². The van der Waals surface area contributed by atoms with Crippen LogP contribution >= 0.6 is 11.5 Å². The summed E-state index contributed by atoms with van der Waals surface area (Å²) in [4.78, 5) is 9.56. The van der Waals surface area contributed by atoms with Crippen LogP contribution in [0.25, 0.3) is 17.1 Å². The molecular formula is C17H17N3O2S. The quantitative estimate of drug-likeness (QED) is 0.783. The maximum atomic E-state index is 8.96. The summed E-state index contributed by atoms with van der Waals surface area (Å²) in [6, 6.07) is 17.8. The Morgan fingerprint density at radius 3 is 2.52 bits per heavy atom. The molecule has 0 atom stereocenters. The van der Waals surface area contributed by atoms with Gasteiger partial charge in [-0.2, -0.15) is 4.98 Å². The van der Waals surface area contributed by atoms with Crippen molar-refractivity contribution in [2.45, 2.75) is 0 Å². The molecule has 0 radical (unpaired) electrons. The topological polar surface area (TPSA) is 59.6 Å². The maximum absolute atomic E-state index is 8.96. The van der Waals surface area contributed by atoms with Crippen LogP contribution in [0, 0.1) is 0 Å². The Kier molecular flexibility index (Phi) is 4.85. The molecule has 1 heterocycles. The van der Waals surface area contributed by atoms with E-state index >= 15 is 0 Å². The number of nitrogens with zero attached hydrogens (tertiary/aromatic N) is 3. The Balaban J connectivity index is 2.11. The van der Waals surface area contributed by atoms with Crippen molar-refractivity contribution in [3.05, 3.63) is 59.4 Å². The molecular weight excluding hydrogens is 310 g/mol. The van der Waals surface area contributed by atoms with Gasteiger partial charge in [0.25, 0.3) is 0 Å². The molecule has 6 heteroatoms. The van der Waals surface area contributed by atoms with Crippen molar-refractivity contribution in [2.75, 3.05) is 20.3 Å². The zero-order valence-electron chi connectivity index (χ0n) is 12.7. The van der Waals surface area contributed by atoms with E-state index in [4.69, 9.17) is 9.84 Å². The Labute approximate surface area is 138 Å². The zero-order chi connectivity index (χ0) is 16.1. The number of benzene rings is 2. The lowest BCUT2D eigenvalue weighted by Crippen LogP contribution is -2.01. The summed E-state index contributed by atoms with van der Waals surface area (Å²) in [6.45, 7) is 0.368. The summed E-state index contributed by atoms with van der Waals surface area (Å²) in [5.41, 5.74) is 2.01. The fourth-order valence-electron chi connectivity index (χ4n) is 2.15. The lowest BCUT2D eigenvalue weighted by atomic mass is 10.2. The predicted molar refractivity (Wildman–Crippen MR) is 90.9 cm³/mol. The minimum atomic E-state index is 0.0167. The third-order valence-electron chi connectivity index (χ3n) is 3.25. The summed E-state index contributed by atoms with van der Waals surface area (Å²) in [5.74, 6) is 1.63. The van der Waals surface area contributed by atoms with E-state index in [1.807, 2.05) is 58.6 Å². The van der Waals surface area contributed by atoms with Crippen molar-refractivity contribution >= 4 is 11.5 Å². The summed E-state index contributed by atoms with van der Waals surface area (Å²) < 4.78 is 7.25. The van der Waals surface area contributed by atoms with Gasteiger partial charge in [-0.15, -0.1) is 0 Å². The number of methoxy groups -OCH3 is 1. The molecule has 23 heavy (non-hydrogen) atoms. The van der Waals surface area contributed by atoms with Gasteiger partial charge in [0, 0.05) is 5.56 Å². The van der Waals surface area contributed by atoms with Crippen LogP contribution in [-0.2, 0) is 0 Å². The van der Waals surface area contributed by atoms with Gasteiger partial charge in [-0.25, -0.2) is 3.96 Å². The number of aliphatic hydroxyl groups is 1. The number of para-hydroxylation sites is 1. The second-order valence-electron chi connectivity index (χ2n) is 4.77. The largest absolute Gasteiger partial charge is 0.497 e. The van der Waals surface area contributed by atoms with Crippen LogP contribution in [0.5, 0.6) is 5.75 Å². The third-order valence-corrected chi connectivity index (χ3v) is 4.20. The normalized spacial score (nSPS) is 11.7. The number of aromatic nitrogens is 2. The molecule has 5 nitrogen and oxygen atoms in total. The lowest BCUT2D eigenvalue weighted by molar-refractivity contribution is 0.305. The van der Waals surface area contributed by atoms with E-state index in [-0.39, 0.29) is 6.61 Å². The zero-order valence-corrected chi connectivity index (χ0v) is 13.5. The molecule has 2 aromatic carbocycles. The van der Waals surface area contributed by atoms with Crippen LogP contribution in [-0.4, -0.2) is 34.3 Å². The molecule has 0 saturated carbocycles. The lowest BCUT2D eigenvalue weighted by Gasteiger charge is -2.06. The number of aliphatic hydroxyl groups excluding tert-OH is 1. The van der Waals surface area contributed by atoms with E-state index in [0.29, 0.717) is 11.3 Å². The fraction of sp³-hybridized carbons (Fsp3) is 0.176. The molecule has 0 unspecified atom stereocenters. The standard InChI is InChI=1S/C17H17N3O2S/c1-22-15-9-7-13(8-10-15)16-19-17(18-11-12-21)23-20(16)14-5-3-2-4-6-14/h2-10,21H,11-12H2,1H3/b18-17-. The maximum Gasteiger partial charge on any atom is 0.223 e. The molecule has 118 valence electrons. The van der Waals surface area contributed by atoms with Crippen molar-refractivity contribution in [1.82, 2.24) is 8.94 Å². The average Bonchev–Trinajstić information content (AvgIpc) is 3.05. The second kappa shape index (κ2) is 7.21. The number of rotatable bonds is 5. The molecule has 0 bridgehead atoms. The molecule has 1 aromatic heterocycles. The van der Waals surface area contributed by atoms with Crippen molar-refractivity contribution in [1.29, 1.82) is 0 Å². The van der Waals surface area contributed by atoms with Crippen LogP contribution in [0.4, 0.5) is 0 Å². The third kappa shape index (κ3) is 3.49. The fourth-order valence-corrected chi connectivity index (χ4v) is 3.05. The minimum absolute atomic E-state index is 0.0167. The van der Waals surface area contributed by atoms with E-state index in [2.05, 4.69) is 9.98 Å². The van der Waals surface area contributed by atoms with Crippen molar-refractivity contribution in [3.63, 3.8) is 0 Å². The minimum Gasteiger partial charge on any atom is -0.497 e. The molecule has 1 N–H and O–H groups in total. The van der Waals surface area contributed by atoms with Gasteiger partial charge in [-0.1, -0.05) is 18.2 Å². The van der Waals surface area contributed by atoms with E-state index in [1.165, 1.54) is 11.5 Å². The molecule has 3 aromatic rings. The van der Waals surface area contributed by atoms with Crippen molar-refractivity contribution in [3.8, 4) is 22.8 Å². The van der Waals surface area contributed by atoms with Gasteiger partial charge in [-0.3, -0.25) is 4.99 Å². The van der Waals surface area contributed by atoms with E-state index in [9.17, 15) is 0 Å². The Bertz CT molecular complexity index is 823. The first-order chi connectivity index (χ1) is 11.3. The molecule has 0 spiro atoms. The summed E-state index contributed by atoms with van der Waals surface area (Å²) >= 11 is 1.45. The van der Waals surface area contributed by atoms with Crippen LogP contribution in [0.1, 0.15) is 0 Å². The van der Waals surface area contributed by atoms with Gasteiger partial charge < -0.3 is 9.84 Å². The number of hydrogen-bond acceptors (Lipinski definition) is 5. The van der Waals surface area contributed by atoms with Gasteiger partial charge in [0.2, 0.25) is 4.80 Å². The summed E-state index contributed by atoms with van der Waals surface area (Å²) in [7, 11) is 1.65. The average molecular weight is 327 g/mol. The van der Waals surface area contributed by atoms with E-state index in [0.717, 1.165) is 22.8 Å². The molecule has 0 amide bonds. The van der Waals surface area contributed by atoms with Crippen LogP contribution < -0.4 is 9.54 Å². The molecule has 0 aliphatic rings. The van der Waals surface area contributed by atoms with E-state index < -0.39 is 0 Å². The first-order valence-corrected chi connectivity index (χ1v) is 8.01. The van der Waals surface area contributed by atoms with Gasteiger partial charge in [0.05, 0.1) is 25.9 Å². The molecule has 0 aliphatic carbocycles. The molecule has 0 aliphatic heterocycles. The highest BCUT2D eigenvalue weighted by atomic mass is 32.1. The van der Waals surface area contributed by atoms with Gasteiger partial charge in [-0.05, 0) is 47.9 Å². The summed E-state index contributed by atoms with van der Waals surface area (Å²) in [5, 5.41) is 8.96. The number of ether oxygens (including phenoxy) is 1. The highest BCUT2D eigenvalue weighted by Crippen LogP contribution is 2.24. The first kappa shape index (κ1) is 15.5. The Morgan fingerprint density at radius 2 is 1.87 bits per heavy atom. The van der Waals surface area contributed by atoms with Gasteiger partial charge in [0.1, 0.15) is 5.75 Å². The monoisotopic (exact) mass is 327 g/mol. The Hall–Kier alpha value is -2.44. The van der Waals surface area contributed by atoms with Crippen molar-refractivity contribution < 1.29 is 9.84 Å².